The maximum atomic E-state index is 5.52. The zero-order valence-corrected chi connectivity index (χ0v) is 73.7. The van der Waals surface area contributed by atoms with E-state index in [1.54, 1.807) is 0 Å². The van der Waals surface area contributed by atoms with Crippen molar-refractivity contribution in [3.8, 4) is 0 Å². The zero-order chi connectivity index (χ0) is 78.6. The Morgan fingerprint density at radius 2 is 0.545 bits per heavy atom. The van der Waals surface area contributed by atoms with Crippen LogP contribution in [0.2, 0.25) is 0 Å². The molecule has 0 spiro atoms. The molecule has 5 aromatic rings. The number of nitrogens with zero attached hydrogens (tertiary/aromatic N) is 10. The maximum Gasteiger partial charge on any atom is 0.0572 e. The SMILES string of the molecule is CC(C)(C)c1cncc(CC2CCN(C3CCC3)CC2)c1.CC(C)(C)c1cncc(CC2CCN(C3CCCCC3)CC2)c1.CC1CCCC1N1CCC(Cc2cncc(C(C)(C)C)c2)CC1.CN1CCC(Cc2cncc(C(C)(C)C)c2)CC1.COC1CCC(N2CCC(Cc3cncc(C(C)(C)C)c3)CC2)CC1. The summed E-state index contributed by atoms with van der Waals surface area (Å²) >= 11 is 0. The van der Waals surface area contributed by atoms with Gasteiger partial charge in [-0.3, -0.25) is 24.9 Å². The molecule has 0 radical (unpaired) electrons. The summed E-state index contributed by atoms with van der Waals surface area (Å²) < 4.78 is 5.52. The van der Waals surface area contributed by atoms with Crippen LogP contribution >= 0.6 is 0 Å². The van der Waals surface area contributed by atoms with Crippen molar-refractivity contribution in [2.45, 2.75) is 361 Å². The van der Waals surface area contributed by atoms with Crippen molar-refractivity contribution in [3.63, 3.8) is 0 Å². The Balaban J connectivity index is 0.000000147. The number of ether oxygens (including phenoxy) is 1. The van der Waals surface area contributed by atoms with Crippen LogP contribution in [0.5, 0.6) is 0 Å². The van der Waals surface area contributed by atoms with Crippen LogP contribution in [0.15, 0.2) is 92.3 Å². The molecule has 9 fully saturated rings. The van der Waals surface area contributed by atoms with E-state index in [4.69, 9.17) is 4.74 Å². The summed E-state index contributed by atoms with van der Waals surface area (Å²) in [5, 5.41) is 0. The van der Waals surface area contributed by atoms with Gasteiger partial charge in [-0.2, -0.15) is 0 Å². The Labute approximate surface area is 674 Å². The van der Waals surface area contributed by atoms with Crippen LogP contribution in [-0.2, 0) is 63.9 Å². The van der Waals surface area contributed by atoms with Crippen molar-refractivity contribution < 1.29 is 4.74 Å². The molecule has 2 unspecified atom stereocenters. The quantitative estimate of drug-likeness (QED) is 0.100. The number of likely N-dealkylation sites (tertiary alicyclic amines) is 5. The molecule has 10 heterocycles. The lowest BCUT2D eigenvalue weighted by atomic mass is 9.84. The molecule has 0 bridgehead atoms. The molecule has 0 aromatic carbocycles. The molecule has 5 aliphatic heterocycles. The first-order chi connectivity index (χ1) is 52.4. The Morgan fingerprint density at radius 3 is 0.791 bits per heavy atom. The van der Waals surface area contributed by atoms with Gasteiger partial charge in [0.05, 0.1) is 6.10 Å². The van der Waals surface area contributed by atoms with Crippen LogP contribution in [-0.4, -0.2) is 159 Å². The van der Waals surface area contributed by atoms with Crippen LogP contribution < -0.4 is 0 Å². The summed E-state index contributed by atoms with van der Waals surface area (Å²) in [4.78, 5) is 35.9. The van der Waals surface area contributed by atoms with Crippen molar-refractivity contribution in [3.05, 3.63) is 148 Å². The minimum atomic E-state index is 0.188. The van der Waals surface area contributed by atoms with Crippen LogP contribution in [0.1, 0.15) is 327 Å². The van der Waals surface area contributed by atoms with Gasteiger partial charge in [0.2, 0.25) is 0 Å². The van der Waals surface area contributed by atoms with Gasteiger partial charge < -0.3 is 29.2 Å². The van der Waals surface area contributed by atoms with Crippen molar-refractivity contribution in [1.82, 2.24) is 49.4 Å². The highest BCUT2D eigenvalue weighted by Gasteiger charge is 2.35. The topological polar surface area (TPSA) is 89.9 Å². The summed E-state index contributed by atoms with van der Waals surface area (Å²) in [5.74, 6) is 5.14. The fraction of sp³-hybridized carbons (Fsp3) is 0.747. The standard InChI is InChI=1S/C22H36N2O.2C21H34N2.C19H30N2.C16H26N2/c1-22(2,3)19-14-18(15-23-16-19)13-17-9-11-24(12-10-17)20-5-7-21(25-4)8-6-20;1-16-6-5-7-20(16)23-10-8-17(9-11-23)12-18-13-19(15-22-14-18)21(2,3)4;1-21(2,3)19-14-18(15-22-16-19)13-17-9-11-23(12-10-17)20-7-5-4-6-8-20;1-19(2,3)17-12-16(13-20-14-17)11-15-7-9-21(10-8-15)18-5-4-6-18;1-16(2,3)15-10-14(11-17-12-15)9-13-5-7-18(4)8-6-13/h14-17,20-21H,5-13H2,1-4H3;13-17,20H,5-12H2,1-4H3;14-17,20H,4-13H2,1-3H3;12-15,18H,4-11H2,1-3H3;10-13H,5-9H2,1-4H3. The molecule has 2 atom stereocenters. The molecule has 612 valence electrons. The lowest BCUT2D eigenvalue weighted by molar-refractivity contribution is 0.0290. The Hall–Kier alpha value is -4.49. The monoisotopic (exact) mass is 1510 g/mol. The molecule has 5 aromatic heterocycles. The van der Waals surface area contributed by atoms with Gasteiger partial charge in [0, 0.05) is 93.2 Å². The third-order valence-electron chi connectivity index (χ3n) is 27.8. The summed E-state index contributed by atoms with van der Waals surface area (Å²) in [6.07, 6.45) is 61.7. The Kier molecular flexibility index (Phi) is 33.1. The van der Waals surface area contributed by atoms with Gasteiger partial charge in [0.1, 0.15) is 0 Å². The van der Waals surface area contributed by atoms with Gasteiger partial charge in [0.25, 0.3) is 0 Å². The van der Waals surface area contributed by atoms with Crippen molar-refractivity contribution in [2.75, 3.05) is 79.6 Å². The minimum Gasteiger partial charge on any atom is -0.381 e. The van der Waals surface area contributed by atoms with E-state index in [1.807, 2.05) is 44.3 Å². The normalized spacial score (nSPS) is 23.9. The number of aromatic nitrogens is 5. The first-order valence-electron chi connectivity index (χ1n) is 45.3. The molecule has 4 aliphatic carbocycles. The number of hydrogen-bond donors (Lipinski definition) is 0. The molecular formula is C99H160N10O. The van der Waals surface area contributed by atoms with E-state index in [1.165, 1.54) is 314 Å². The molecule has 14 rings (SSSR count). The minimum absolute atomic E-state index is 0.188. The lowest BCUT2D eigenvalue weighted by Gasteiger charge is -2.41. The van der Waals surface area contributed by atoms with Crippen molar-refractivity contribution in [2.24, 2.45) is 35.5 Å². The van der Waals surface area contributed by atoms with E-state index in [2.05, 4.69) is 222 Å². The second-order valence-electron chi connectivity index (χ2n) is 41.9. The van der Waals surface area contributed by atoms with E-state index in [0.29, 0.717) is 6.10 Å². The molecule has 11 heteroatoms. The summed E-state index contributed by atoms with van der Waals surface area (Å²) in [5.41, 5.74) is 15.0. The van der Waals surface area contributed by atoms with Crippen LogP contribution in [0, 0.1) is 35.5 Å². The lowest BCUT2D eigenvalue weighted by Crippen LogP contribution is -2.45. The first kappa shape index (κ1) is 87.9. The molecule has 11 nitrogen and oxygen atoms in total. The number of pyridine rings is 5. The third kappa shape index (κ3) is 27.9. The van der Waals surface area contributed by atoms with Crippen molar-refractivity contribution >= 4 is 0 Å². The number of hydrogen-bond acceptors (Lipinski definition) is 11. The van der Waals surface area contributed by atoms with Gasteiger partial charge >= 0.3 is 0 Å². The van der Waals surface area contributed by atoms with Gasteiger partial charge in [-0.05, 0) is 351 Å². The van der Waals surface area contributed by atoms with E-state index in [-0.39, 0.29) is 27.1 Å². The number of piperidine rings is 5. The largest absolute Gasteiger partial charge is 0.381 e. The second kappa shape index (κ2) is 41.4. The van der Waals surface area contributed by atoms with E-state index in [9.17, 15) is 0 Å². The number of rotatable bonds is 15. The highest BCUT2D eigenvalue weighted by atomic mass is 16.5. The van der Waals surface area contributed by atoms with Crippen LogP contribution in [0.4, 0.5) is 0 Å². The summed E-state index contributed by atoms with van der Waals surface area (Å²) in [7, 11) is 4.08. The fourth-order valence-corrected chi connectivity index (χ4v) is 19.5. The van der Waals surface area contributed by atoms with E-state index < -0.39 is 0 Å². The molecule has 0 N–H and O–H groups in total. The van der Waals surface area contributed by atoms with Crippen molar-refractivity contribution in [1.29, 1.82) is 0 Å². The molecular weight excluding hydrogens is 1350 g/mol. The second-order valence-corrected chi connectivity index (χ2v) is 41.9. The smallest absolute Gasteiger partial charge is 0.0572 e. The van der Waals surface area contributed by atoms with E-state index in [0.717, 1.165) is 59.7 Å². The summed E-state index contributed by atoms with van der Waals surface area (Å²) in [6, 6.07) is 15.4. The number of methoxy groups -OCH3 is 1. The average molecular weight is 1510 g/mol. The predicted molar refractivity (Wildman–Crippen MR) is 465 cm³/mol. The highest BCUT2D eigenvalue weighted by Crippen LogP contribution is 2.38. The molecule has 0 amide bonds. The zero-order valence-electron chi connectivity index (χ0n) is 73.7. The highest BCUT2D eigenvalue weighted by molar-refractivity contribution is 5.29. The van der Waals surface area contributed by atoms with Gasteiger partial charge in [-0.25, -0.2) is 0 Å². The average Bonchev–Trinajstić information content (AvgIpc) is 1.57. The van der Waals surface area contributed by atoms with Crippen LogP contribution in [0.25, 0.3) is 0 Å². The maximum absolute atomic E-state index is 5.52. The van der Waals surface area contributed by atoms with Crippen LogP contribution in [0.3, 0.4) is 0 Å². The third-order valence-corrected chi connectivity index (χ3v) is 27.8. The molecule has 9 aliphatic rings. The first-order valence-corrected chi connectivity index (χ1v) is 45.3. The van der Waals surface area contributed by atoms with Gasteiger partial charge in [-0.15, -0.1) is 0 Å². The summed E-state index contributed by atoms with van der Waals surface area (Å²) in [6.45, 7) is 49.4. The van der Waals surface area contributed by atoms with Gasteiger partial charge in [0.15, 0.2) is 0 Å². The molecule has 4 saturated carbocycles. The van der Waals surface area contributed by atoms with E-state index >= 15 is 0 Å². The molecule has 5 saturated heterocycles. The predicted octanol–water partition coefficient (Wildman–Crippen LogP) is 21.8. The Morgan fingerprint density at radius 1 is 0.291 bits per heavy atom. The fourth-order valence-electron chi connectivity index (χ4n) is 19.5. The van der Waals surface area contributed by atoms with Gasteiger partial charge in [-0.1, -0.05) is 173 Å². The Bertz CT molecular complexity index is 3440. The molecule has 110 heavy (non-hydrogen) atoms.